The van der Waals surface area contributed by atoms with Crippen LogP contribution >= 0.6 is 0 Å². The van der Waals surface area contributed by atoms with Crippen molar-refractivity contribution in [2.24, 2.45) is 11.8 Å². The third-order valence-electron chi connectivity index (χ3n) is 17.7. The molecule has 111 heavy (non-hydrogen) atoms. The standard InChI is InChI=1S/C17H21N3.C15H20N4O.C15H17N3.C14H18N4O2S.C13H15N3.C12H14N4/c18-17-19-15(11-13-7-3-1-4-8-13)12-16(20-17)14-9-5-2-6-10-14;1-2-20-10-6-9-17-14-11-13(18-15(16)19-14)12-7-4-3-5-8-12;16-15-17-13(9-8-11-6-7-11)10-14(18-15)12-4-2-1-3-5-12;1-3-8-16-13-9-12(17-14(15)18-13)10-4-6-11(7-5-10)21(2,19)20;1-2-6-11-9-12(16-13(14)15-11)10-7-4-3-5-8-10;1-2-14-11-8-10(15-12(13)16-11)9-6-4-3-5-7-9/h2,5-6,9-10,12-13H,1,3-4,7-8,11H2,(H2,18,19,20);3-5,7-8,11H,2,6,9-10H2,1H3,(H3,16,17,18,19);1-5,10-11H,6-9H2,(H2,16,17,18);4-7,9H,3,8H2,1-2H3,(H3,15,16,17,18);3-5,7-9H,2,6H2,1H3,(H2,14,15,16);3-8H,2H2,1H3,(H3,13,14,15,16). The molecule has 2 saturated carbocycles. The second kappa shape index (κ2) is 43.8. The summed E-state index contributed by atoms with van der Waals surface area (Å²) in [5.41, 5.74) is 48.9. The van der Waals surface area contributed by atoms with E-state index in [0.717, 1.165) is 174 Å². The van der Waals surface area contributed by atoms with Crippen LogP contribution in [0.5, 0.6) is 0 Å². The van der Waals surface area contributed by atoms with Crippen LogP contribution in [-0.4, -0.2) is 107 Å². The second-order valence-electron chi connectivity index (χ2n) is 26.8. The van der Waals surface area contributed by atoms with Gasteiger partial charge in [0, 0.05) is 108 Å². The van der Waals surface area contributed by atoms with Crippen LogP contribution in [0.25, 0.3) is 67.5 Å². The maximum Gasteiger partial charge on any atom is 0.222 e. The predicted molar refractivity (Wildman–Crippen MR) is 452 cm³/mol. The van der Waals surface area contributed by atoms with Crippen molar-refractivity contribution in [3.63, 3.8) is 0 Å². The largest absolute Gasteiger partial charge is 0.382 e. The first-order valence-electron chi connectivity index (χ1n) is 38.1. The van der Waals surface area contributed by atoms with E-state index in [1.807, 2.05) is 172 Å². The molecule has 0 saturated heterocycles. The van der Waals surface area contributed by atoms with Gasteiger partial charge < -0.3 is 55.1 Å². The molecule has 2 aliphatic rings. The lowest BCUT2D eigenvalue weighted by molar-refractivity contribution is 0.147. The van der Waals surface area contributed by atoms with Gasteiger partial charge in [0.25, 0.3) is 0 Å². The number of hydrogen-bond donors (Lipinski definition) is 9. The van der Waals surface area contributed by atoms with Crippen LogP contribution in [0.4, 0.5) is 53.1 Å². The van der Waals surface area contributed by atoms with Crippen LogP contribution in [0.2, 0.25) is 0 Å². The van der Waals surface area contributed by atoms with Gasteiger partial charge in [-0.1, -0.05) is 229 Å². The highest BCUT2D eigenvalue weighted by Crippen LogP contribution is 2.34. The van der Waals surface area contributed by atoms with Crippen molar-refractivity contribution in [2.45, 2.75) is 122 Å². The summed E-state index contributed by atoms with van der Waals surface area (Å²) < 4.78 is 28.2. The van der Waals surface area contributed by atoms with Crippen molar-refractivity contribution in [1.82, 2.24) is 59.8 Å². The van der Waals surface area contributed by atoms with Gasteiger partial charge in [0.15, 0.2) is 9.84 Å². The highest BCUT2D eigenvalue weighted by molar-refractivity contribution is 7.90. The van der Waals surface area contributed by atoms with Gasteiger partial charge in [-0.3, -0.25) is 0 Å². The van der Waals surface area contributed by atoms with Gasteiger partial charge in [-0.25, -0.2) is 53.3 Å². The zero-order valence-electron chi connectivity index (χ0n) is 64.3. The van der Waals surface area contributed by atoms with E-state index in [9.17, 15) is 8.42 Å². The summed E-state index contributed by atoms with van der Waals surface area (Å²) in [6.45, 7) is 12.1. The summed E-state index contributed by atoms with van der Waals surface area (Å²) in [6, 6.07) is 68.5. The van der Waals surface area contributed by atoms with Gasteiger partial charge in [-0.2, -0.15) is 15.0 Å². The topological polar surface area (TPSA) is 390 Å². The number of anilines is 9. The molecule has 12 aromatic rings. The molecule has 0 amide bonds. The number of nitrogens with one attached hydrogen (secondary N) is 3. The van der Waals surface area contributed by atoms with Crippen molar-refractivity contribution >= 4 is 63.0 Å². The molecule has 2 aliphatic carbocycles. The fourth-order valence-electron chi connectivity index (χ4n) is 12.1. The first-order valence-corrected chi connectivity index (χ1v) is 40.0. The zero-order valence-corrected chi connectivity index (χ0v) is 65.1. The fourth-order valence-corrected chi connectivity index (χ4v) is 12.7. The number of nitrogen functional groups attached to an aromatic ring is 6. The van der Waals surface area contributed by atoms with E-state index in [1.54, 1.807) is 30.3 Å². The first-order chi connectivity index (χ1) is 53.9. The Hall–Kier alpha value is -12.1. The highest BCUT2D eigenvalue weighted by atomic mass is 32.2. The van der Waals surface area contributed by atoms with E-state index < -0.39 is 9.84 Å². The molecule has 6 heterocycles. The number of aromatic nitrogens is 12. The Morgan fingerprint density at radius 2 is 0.721 bits per heavy atom. The van der Waals surface area contributed by atoms with Gasteiger partial charge >= 0.3 is 0 Å². The van der Waals surface area contributed by atoms with Gasteiger partial charge in [-0.05, 0) is 94.5 Å². The van der Waals surface area contributed by atoms with Crippen LogP contribution in [0, 0.1) is 11.8 Å². The van der Waals surface area contributed by atoms with Crippen LogP contribution in [0.3, 0.4) is 0 Å². The van der Waals surface area contributed by atoms with Crippen LogP contribution in [-0.2, 0) is 33.8 Å². The highest BCUT2D eigenvalue weighted by Gasteiger charge is 2.22. The summed E-state index contributed by atoms with van der Waals surface area (Å²) >= 11 is 0. The Morgan fingerprint density at radius 1 is 0.369 bits per heavy atom. The molecule has 25 heteroatoms. The molecule has 0 atom stereocenters. The zero-order chi connectivity index (χ0) is 78.6. The van der Waals surface area contributed by atoms with E-state index in [2.05, 4.69) is 114 Å². The summed E-state index contributed by atoms with van der Waals surface area (Å²) in [7, 11) is -3.20. The third kappa shape index (κ3) is 28.8. The van der Waals surface area contributed by atoms with Crippen LogP contribution < -0.4 is 50.4 Å². The maximum absolute atomic E-state index is 11.5. The predicted octanol–water partition coefficient (Wildman–Crippen LogP) is 16.3. The Balaban J connectivity index is 0.000000154. The monoisotopic (exact) mass is 1510 g/mol. The van der Waals surface area contributed by atoms with Crippen molar-refractivity contribution in [3.8, 4) is 67.5 Å². The summed E-state index contributed by atoms with van der Waals surface area (Å²) in [4.78, 5) is 51.2. The minimum Gasteiger partial charge on any atom is -0.382 e. The van der Waals surface area contributed by atoms with Gasteiger partial charge in [-0.15, -0.1) is 0 Å². The Kier molecular flexibility index (Phi) is 32.7. The fraction of sp³-hybridized carbons (Fsp3) is 0.302. The van der Waals surface area contributed by atoms with Gasteiger partial charge in [0.05, 0.1) is 39.1 Å². The van der Waals surface area contributed by atoms with E-state index >= 15 is 0 Å². The molecular formula is C86H105N21O3S. The molecule has 0 radical (unpaired) electrons. The molecule has 0 bridgehead atoms. The quantitative estimate of drug-likeness (QED) is 0.0240. The lowest BCUT2D eigenvalue weighted by atomic mass is 9.86. The summed E-state index contributed by atoms with van der Waals surface area (Å²) in [5.74, 6) is 5.70. The van der Waals surface area contributed by atoms with E-state index in [-0.39, 0.29) is 22.7 Å². The molecule has 2 fully saturated rings. The molecule has 6 aromatic carbocycles. The minimum atomic E-state index is -3.20. The molecule has 14 rings (SSSR count). The van der Waals surface area contributed by atoms with Crippen molar-refractivity contribution < 1.29 is 13.2 Å². The number of nitrogens with zero attached hydrogens (tertiary/aromatic N) is 12. The normalized spacial score (nSPS) is 12.3. The first kappa shape index (κ1) is 83.0. The lowest BCUT2D eigenvalue weighted by Gasteiger charge is -2.21. The number of aryl methyl sites for hydroxylation is 2. The maximum atomic E-state index is 11.5. The number of ether oxygens (including phenoxy) is 1. The minimum absolute atomic E-state index is 0.179. The van der Waals surface area contributed by atoms with Crippen molar-refractivity contribution in [1.29, 1.82) is 0 Å². The van der Waals surface area contributed by atoms with Crippen molar-refractivity contribution in [2.75, 3.05) is 89.5 Å². The van der Waals surface area contributed by atoms with Gasteiger partial charge in [0.1, 0.15) is 17.5 Å². The molecular weight excluding hydrogens is 1410 g/mol. The SMILES string of the molecule is CCCNc1cc(-c2ccc(S(C)(=O)=O)cc2)nc(N)n1.CCCc1cc(-c2ccccc2)nc(N)n1.CCNc1cc(-c2ccccc2)nc(N)n1.CCOCCCNc1cc(-c2ccccc2)nc(N)n1.Nc1nc(CC2CCCCC2)cc(-c2ccccc2)n1.Nc1nc(CCC2CC2)cc(-c2ccccc2)n1. The molecule has 0 unspecified atom stereocenters. The Bertz CT molecular complexity index is 4790. The molecule has 24 nitrogen and oxygen atoms in total. The Morgan fingerprint density at radius 3 is 1.09 bits per heavy atom. The number of nitrogens with two attached hydrogens (primary N) is 6. The molecule has 578 valence electrons. The number of sulfone groups is 1. The number of hydrogen-bond acceptors (Lipinski definition) is 24. The molecule has 0 spiro atoms. The average molecular weight is 1510 g/mol. The van der Waals surface area contributed by atoms with E-state index in [0.29, 0.717) is 29.4 Å². The third-order valence-corrected chi connectivity index (χ3v) is 18.8. The van der Waals surface area contributed by atoms with E-state index in [1.165, 1.54) is 57.6 Å². The lowest BCUT2D eigenvalue weighted by Crippen LogP contribution is -2.11. The smallest absolute Gasteiger partial charge is 0.222 e. The second-order valence-corrected chi connectivity index (χ2v) is 28.8. The number of rotatable bonds is 25. The van der Waals surface area contributed by atoms with E-state index in [4.69, 9.17) is 39.1 Å². The average Bonchev–Trinajstić information content (AvgIpc) is 1.82. The molecule has 0 aliphatic heterocycles. The van der Waals surface area contributed by atoms with Crippen molar-refractivity contribution in [3.05, 3.63) is 229 Å². The molecule has 15 N–H and O–H groups in total. The van der Waals surface area contributed by atoms with Crippen LogP contribution in [0.1, 0.15) is 115 Å². The number of benzene rings is 6. The Labute approximate surface area is 653 Å². The molecule has 6 aromatic heterocycles. The van der Waals surface area contributed by atoms with Crippen LogP contribution in [0.15, 0.2) is 217 Å². The summed E-state index contributed by atoms with van der Waals surface area (Å²) in [5, 5.41) is 9.52. The van der Waals surface area contributed by atoms with Gasteiger partial charge in [0.2, 0.25) is 35.7 Å². The summed E-state index contributed by atoms with van der Waals surface area (Å²) in [6.07, 6.45) is 17.9.